The van der Waals surface area contributed by atoms with Crippen LogP contribution in [0.5, 0.6) is 0 Å². The van der Waals surface area contributed by atoms with Crippen molar-refractivity contribution < 1.29 is 0 Å². The highest BCUT2D eigenvalue weighted by molar-refractivity contribution is 5.21. The van der Waals surface area contributed by atoms with Gasteiger partial charge in [-0.25, -0.2) is 0 Å². The van der Waals surface area contributed by atoms with E-state index in [1.165, 1.54) is 12.1 Å². The molecule has 4 nitrogen and oxygen atoms in total. The number of pyridine rings is 1. The highest BCUT2D eigenvalue weighted by Gasteiger charge is 1.95. The molecule has 2 aromatic heterocycles. The molecule has 0 N–H and O–H groups in total. The van der Waals surface area contributed by atoms with E-state index in [0.717, 1.165) is 5.69 Å². The Labute approximate surface area is 80.9 Å². The summed E-state index contributed by atoms with van der Waals surface area (Å²) in [6.07, 6.45) is 3.34. The molecular formula is C10H9N3O. The molecule has 0 unspecified atom stereocenters. The minimum atomic E-state index is -0.0127. The van der Waals surface area contributed by atoms with Crippen LogP contribution in [0.1, 0.15) is 5.69 Å². The van der Waals surface area contributed by atoms with Gasteiger partial charge < -0.3 is 4.57 Å². The van der Waals surface area contributed by atoms with Gasteiger partial charge in [-0.2, -0.15) is 5.10 Å². The zero-order chi connectivity index (χ0) is 9.97. The third kappa shape index (κ3) is 1.69. The first-order valence-corrected chi connectivity index (χ1v) is 4.25. The highest BCUT2D eigenvalue weighted by atomic mass is 16.1. The number of hydrogen-bond donors (Lipinski definition) is 0. The first kappa shape index (κ1) is 8.62. The Kier molecular flexibility index (Phi) is 2.10. The summed E-state index contributed by atoms with van der Waals surface area (Å²) in [7, 11) is 0. The zero-order valence-corrected chi connectivity index (χ0v) is 7.71. The summed E-state index contributed by atoms with van der Waals surface area (Å²) in [5.74, 6) is 0.704. The molecule has 0 aliphatic carbocycles. The third-order valence-electron chi connectivity index (χ3n) is 1.85. The van der Waals surface area contributed by atoms with Crippen LogP contribution in [0.15, 0.2) is 41.5 Å². The Morgan fingerprint density at radius 1 is 1.07 bits per heavy atom. The van der Waals surface area contributed by atoms with Crippen molar-refractivity contribution in [1.82, 2.24) is 14.8 Å². The Bertz CT molecular complexity index is 467. The van der Waals surface area contributed by atoms with E-state index < -0.39 is 0 Å². The smallest absolute Gasteiger partial charge is 0.181 e. The van der Waals surface area contributed by atoms with Crippen LogP contribution in [0.2, 0.25) is 0 Å². The molecule has 0 saturated carbocycles. The number of rotatable bonds is 1. The van der Waals surface area contributed by atoms with Crippen LogP contribution in [0, 0.1) is 6.92 Å². The van der Waals surface area contributed by atoms with Gasteiger partial charge in [0.05, 0.1) is 5.69 Å². The fourth-order valence-electron chi connectivity index (χ4n) is 1.10. The molecule has 0 bridgehead atoms. The van der Waals surface area contributed by atoms with E-state index in [2.05, 4.69) is 10.2 Å². The molecule has 0 radical (unpaired) electrons. The molecule has 0 saturated heterocycles. The summed E-state index contributed by atoms with van der Waals surface area (Å²) in [6.45, 7) is 1.88. The minimum absolute atomic E-state index is 0.0127. The zero-order valence-electron chi connectivity index (χ0n) is 7.71. The second kappa shape index (κ2) is 3.41. The van der Waals surface area contributed by atoms with Gasteiger partial charge in [-0.3, -0.25) is 4.79 Å². The summed E-state index contributed by atoms with van der Waals surface area (Å²) in [6, 6.07) is 6.70. The molecule has 0 aliphatic rings. The third-order valence-corrected chi connectivity index (χ3v) is 1.85. The van der Waals surface area contributed by atoms with E-state index in [-0.39, 0.29) is 5.43 Å². The van der Waals surface area contributed by atoms with Crippen LogP contribution in [-0.2, 0) is 0 Å². The lowest BCUT2D eigenvalue weighted by Crippen LogP contribution is -2.04. The maximum Gasteiger partial charge on any atom is 0.181 e. The molecule has 0 fully saturated rings. The van der Waals surface area contributed by atoms with Crippen LogP contribution < -0.4 is 5.43 Å². The Balaban J connectivity index is 2.44. The van der Waals surface area contributed by atoms with Gasteiger partial charge in [0.25, 0.3) is 0 Å². The first-order chi connectivity index (χ1) is 6.75. The number of hydrogen-bond acceptors (Lipinski definition) is 3. The molecule has 4 heteroatoms. The Morgan fingerprint density at radius 3 is 2.36 bits per heavy atom. The van der Waals surface area contributed by atoms with Gasteiger partial charge in [0, 0.05) is 24.5 Å². The standard InChI is InChI=1S/C10H9N3O/c1-8-2-3-10(12-11-8)13-6-4-9(14)5-7-13/h2-7H,1H3. The van der Waals surface area contributed by atoms with Gasteiger partial charge in [0.15, 0.2) is 11.2 Å². The Morgan fingerprint density at radius 2 is 1.79 bits per heavy atom. The molecular weight excluding hydrogens is 178 g/mol. The van der Waals surface area contributed by atoms with Crippen molar-refractivity contribution in [3.05, 3.63) is 52.6 Å². The molecule has 2 rings (SSSR count). The lowest BCUT2D eigenvalue weighted by atomic mass is 10.4. The fourth-order valence-corrected chi connectivity index (χ4v) is 1.10. The van der Waals surface area contributed by atoms with E-state index in [4.69, 9.17) is 0 Å². The van der Waals surface area contributed by atoms with E-state index in [1.807, 2.05) is 19.1 Å². The van der Waals surface area contributed by atoms with Crippen molar-refractivity contribution in [3.8, 4) is 5.82 Å². The van der Waals surface area contributed by atoms with Gasteiger partial charge in [0.1, 0.15) is 0 Å². The average molecular weight is 187 g/mol. The Hall–Kier alpha value is -1.97. The van der Waals surface area contributed by atoms with Crippen LogP contribution in [0.3, 0.4) is 0 Å². The fraction of sp³-hybridized carbons (Fsp3) is 0.100. The monoisotopic (exact) mass is 187 g/mol. The van der Waals surface area contributed by atoms with Crippen LogP contribution in [0.25, 0.3) is 5.82 Å². The largest absolute Gasteiger partial charge is 0.307 e. The molecule has 2 aromatic rings. The SMILES string of the molecule is Cc1ccc(-n2ccc(=O)cc2)nn1. The predicted molar refractivity (Wildman–Crippen MR) is 52.4 cm³/mol. The molecule has 2 heterocycles. The summed E-state index contributed by atoms with van der Waals surface area (Å²) < 4.78 is 1.74. The summed E-state index contributed by atoms with van der Waals surface area (Å²) in [4.78, 5) is 10.9. The van der Waals surface area contributed by atoms with Gasteiger partial charge >= 0.3 is 0 Å². The van der Waals surface area contributed by atoms with Gasteiger partial charge in [-0.1, -0.05) is 0 Å². The number of aromatic nitrogens is 3. The molecule has 0 amide bonds. The predicted octanol–water partition coefficient (Wildman–Crippen LogP) is 0.936. The van der Waals surface area contributed by atoms with E-state index >= 15 is 0 Å². The molecule has 0 aliphatic heterocycles. The van der Waals surface area contributed by atoms with E-state index in [1.54, 1.807) is 17.0 Å². The van der Waals surface area contributed by atoms with Crippen molar-refractivity contribution in [2.24, 2.45) is 0 Å². The minimum Gasteiger partial charge on any atom is -0.307 e. The lowest BCUT2D eigenvalue weighted by Gasteiger charge is -2.02. The molecule has 0 atom stereocenters. The van der Waals surface area contributed by atoms with Gasteiger partial charge in [0.2, 0.25) is 0 Å². The second-order valence-electron chi connectivity index (χ2n) is 2.97. The van der Waals surface area contributed by atoms with Gasteiger partial charge in [-0.05, 0) is 19.1 Å². The van der Waals surface area contributed by atoms with Crippen molar-refractivity contribution in [2.75, 3.05) is 0 Å². The van der Waals surface area contributed by atoms with Gasteiger partial charge in [-0.15, -0.1) is 5.10 Å². The van der Waals surface area contributed by atoms with Crippen LogP contribution in [0.4, 0.5) is 0 Å². The van der Waals surface area contributed by atoms with Crippen molar-refractivity contribution >= 4 is 0 Å². The van der Waals surface area contributed by atoms with E-state index in [9.17, 15) is 4.79 Å². The summed E-state index contributed by atoms with van der Waals surface area (Å²) in [5, 5.41) is 7.92. The lowest BCUT2D eigenvalue weighted by molar-refractivity contribution is 0.885. The normalized spacial score (nSPS) is 10.1. The number of nitrogens with zero attached hydrogens (tertiary/aromatic N) is 3. The molecule has 0 spiro atoms. The topological polar surface area (TPSA) is 47.8 Å². The quantitative estimate of drug-likeness (QED) is 0.667. The summed E-state index contributed by atoms with van der Waals surface area (Å²) >= 11 is 0. The second-order valence-corrected chi connectivity index (χ2v) is 2.97. The van der Waals surface area contributed by atoms with Crippen LogP contribution >= 0.6 is 0 Å². The first-order valence-electron chi connectivity index (χ1n) is 4.25. The maximum absolute atomic E-state index is 10.9. The van der Waals surface area contributed by atoms with E-state index in [0.29, 0.717) is 5.82 Å². The maximum atomic E-state index is 10.9. The molecule has 70 valence electrons. The molecule has 0 aromatic carbocycles. The van der Waals surface area contributed by atoms with Crippen molar-refractivity contribution in [3.63, 3.8) is 0 Å². The number of aryl methyl sites for hydroxylation is 1. The summed E-state index contributed by atoms with van der Waals surface area (Å²) in [5.41, 5.74) is 0.858. The van der Waals surface area contributed by atoms with Crippen molar-refractivity contribution in [2.45, 2.75) is 6.92 Å². The average Bonchev–Trinajstić information content (AvgIpc) is 2.21. The van der Waals surface area contributed by atoms with Crippen LogP contribution in [-0.4, -0.2) is 14.8 Å². The highest BCUT2D eigenvalue weighted by Crippen LogP contribution is 2.00. The molecule has 14 heavy (non-hydrogen) atoms. The van der Waals surface area contributed by atoms with Crippen molar-refractivity contribution in [1.29, 1.82) is 0 Å².